The summed E-state index contributed by atoms with van der Waals surface area (Å²) < 4.78 is 28.3. The Morgan fingerprint density at radius 3 is 2.48 bits per heavy atom. The van der Waals surface area contributed by atoms with Crippen LogP contribution in [0.5, 0.6) is 0 Å². The molecule has 0 aliphatic carbocycles. The van der Waals surface area contributed by atoms with Crippen LogP contribution in [-0.2, 0) is 10.0 Å². The van der Waals surface area contributed by atoms with Gasteiger partial charge in [0.05, 0.1) is 4.92 Å². The van der Waals surface area contributed by atoms with Crippen molar-refractivity contribution in [3.8, 4) is 0 Å². The van der Waals surface area contributed by atoms with Crippen LogP contribution in [0.1, 0.15) is 4.88 Å². The van der Waals surface area contributed by atoms with E-state index in [2.05, 4.69) is 4.98 Å². The van der Waals surface area contributed by atoms with Gasteiger partial charge in [-0.25, -0.2) is 13.4 Å². The first-order valence-corrected chi connectivity index (χ1v) is 11.0. The predicted octanol–water partition coefficient (Wildman–Crippen LogP) is 1.48. The van der Waals surface area contributed by atoms with Crippen LogP contribution in [0.15, 0.2) is 45.5 Å². The Kier molecular flexibility index (Phi) is 4.84. The lowest BCUT2D eigenvalue weighted by molar-refractivity contribution is -0.385. The molecule has 12 heteroatoms. The number of hydrogen-bond acceptors (Lipinski definition) is 8. The van der Waals surface area contributed by atoms with E-state index < -0.39 is 26.2 Å². The molecule has 3 aromatic rings. The van der Waals surface area contributed by atoms with Crippen LogP contribution in [-0.4, -0.2) is 53.2 Å². The number of sulfonamides is 1. The summed E-state index contributed by atoms with van der Waals surface area (Å²) in [4.78, 5) is 30.2. The van der Waals surface area contributed by atoms with Gasteiger partial charge in [0, 0.05) is 37.3 Å². The van der Waals surface area contributed by atoms with Crippen molar-refractivity contribution in [2.75, 3.05) is 31.1 Å². The average molecular weight is 435 g/mol. The summed E-state index contributed by atoms with van der Waals surface area (Å²) in [5.74, 6) is -0.0322. The maximum atomic E-state index is 12.8. The average Bonchev–Trinajstić information content (AvgIpc) is 3.15. The molecule has 1 fully saturated rings. The number of nitro groups is 1. The van der Waals surface area contributed by atoms with Crippen molar-refractivity contribution in [3.05, 3.63) is 61.9 Å². The summed E-state index contributed by atoms with van der Waals surface area (Å²) >= 11 is 1.21. The molecule has 0 N–H and O–H groups in total. The lowest BCUT2D eigenvalue weighted by Gasteiger charge is -2.34. The fraction of sp³-hybridized carbons (Fsp3) is 0.294. The standard InChI is InChI=1S/C17H17N5O5S2/c1-12-5-6-14(28-12)29(26,27)20-10-8-19(9-11-20)16-15(22(24)25)17(23)21-7-3-2-4-13(21)18-16/h2-7H,8-11H2,1H3. The highest BCUT2D eigenvalue weighted by atomic mass is 32.2. The summed E-state index contributed by atoms with van der Waals surface area (Å²) in [6.45, 7) is 2.52. The monoisotopic (exact) mass is 435 g/mol. The molecule has 0 radical (unpaired) electrons. The van der Waals surface area contributed by atoms with Crippen LogP contribution in [0, 0.1) is 17.0 Å². The summed E-state index contributed by atoms with van der Waals surface area (Å²) in [6.07, 6.45) is 1.43. The molecule has 0 saturated carbocycles. The number of aryl methyl sites for hydroxylation is 1. The van der Waals surface area contributed by atoms with Gasteiger partial charge in [-0.3, -0.25) is 19.3 Å². The van der Waals surface area contributed by atoms with Crippen LogP contribution >= 0.6 is 11.3 Å². The molecular formula is C17H17N5O5S2. The molecule has 10 nitrogen and oxygen atoms in total. The number of nitrogens with zero attached hydrogens (tertiary/aromatic N) is 5. The molecule has 152 valence electrons. The van der Waals surface area contributed by atoms with Gasteiger partial charge in [-0.05, 0) is 31.2 Å². The Balaban J connectivity index is 1.65. The Bertz CT molecular complexity index is 1260. The second-order valence-electron chi connectivity index (χ2n) is 6.53. The number of thiophene rings is 1. The second kappa shape index (κ2) is 7.21. The van der Waals surface area contributed by atoms with E-state index in [0.717, 1.165) is 9.28 Å². The Morgan fingerprint density at radius 1 is 1.14 bits per heavy atom. The van der Waals surface area contributed by atoms with Gasteiger partial charge in [0.1, 0.15) is 9.86 Å². The largest absolute Gasteiger partial charge is 0.376 e. The van der Waals surface area contributed by atoms with Crippen LogP contribution in [0.25, 0.3) is 5.65 Å². The fourth-order valence-electron chi connectivity index (χ4n) is 3.27. The minimum atomic E-state index is -3.61. The van der Waals surface area contributed by atoms with Gasteiger partial charge in [0.2, 0.25) is 5.82 Å². The zero-order chi connectivity index (χ0) is 20.8. The van der Waals surface area contributed by atoms with Crippen molar-refractivity contribution in [1.82, 2.24) is 13.7 Å². The van der Waals surface area contributed by atoms with Crippen molar-refractivity contribution in [1.29, 1.82) is 0 Å². The zero-order valence-electron chi connectivity index (χ0n) is 15.4. The minimum absolute atomic E-state index is 0.0322. The third kappa shape index (κ3) is 3.39. The molecule has 3 aromatic heterocycles. The number of pyridine rings is 1. The number of piperazine rings is 1. The van der Waals surface area contributed by atoms with Gasteiger partial charge in [-0.15, -0.1) is 11.3 Å². The first kappa shape index (κ1) is 19.5. The van der Waals surface area contributed by atoms with E-state index in [1.54, 1.807) is 35.2 Å². The normalized spacial score (nSPS) is 15.7. The highest BCUT2D eigenvalue weighted by Gasteiger charge is 2.34. The smallest absolute Gasteiger partial charge is 0.348 e. The Labute approximate surface area is 169 Å². The number of hydrogen-bond donors (Lipinski definition) is 0. The first-order valence-electron chi connectivity index (χ1n) is 8.76. The van der Waals surface area contributed by atoms with E-state index in [4.69, 9.17) is 0 Å². The third-order valence-corrected chi connectivity index (χ3v) is 8.09. The summed E-state index contributed by atoms with van der Waals surface area (Å²) in [5.41, 5.74) is -1.08. The topological polar surface area (TPSA) is 118 Å². The fourth-order valence-corrected chi connectivity index (χ4v) is 6.13. The van der Waals surface area contributed by atoms with E-state index in [1.807, 2.05) is 6.92 Å². The first-order chi connectivity index (χ1) is 13.8. The maximum Gasteiger partial charge on any atom is 0.376 e. The molecule has 0 aromatic carbocycles. The second-order valence-corrected chi connectivity index (χ2v) is 9.98. The van der Waals surface area contributed by atoms with Gasteiger partial charge in [0.15, 0.2) is 0 Å². The molecule has 1 saturated heterocycles. The van der Waals surface area contributed by atoms with E-state index >= 15 is 0 Å². The molecule has 1 aliphatic heterocycles. The van der Waals surface area contributed by atoms with Crippen molar-refractivity contribution >= 4 is 38.5 Å². The number of aromatic nitrogens is 2. The minimum Gasteiger partial charge on any atom is -0.348 e. The molecule has 0 atom stereocenters. The number of anilines is 1. The van der Waals surface area contributed by atoms with Crippen LogP contribution in [0.4, 0.5) is 11.5 Å². The van der Waals surface area contributed by atoms with Crippen molar-refractivity contribution in [2.24, 2.45) is 0 Å². The summed E-state index contributed by atoms with van der Waals surface area (Å²) in [5, 5.41) is 11.6. The van der Waals surface area contributed by atoms with Crippen molar-refractivity contribution in [3.63, 3.8) is 0 Å². The quantitative estimate of drug-likeness (QED) is 0.450. The van der Waals surface area contributed by atoms with Gasteiger partial charge in [0.25, 0.3) is 10.0 Å². The van der Waals surface area contributed by atoms with Crippen molar-refractivity contribution in [2.45, 2.75) is 11.1 Å². The van der Waals surface area contributed by atoms with E-state index in [1.165, 1.54) is 21.8 Å². The number of rotatable bonds is 4. The molecule has 0 unspecified atom stereocenters. The Morgan fingerprint density at radius 2 is 1.86 bits per heavy atom. The lowest BCUT2D eigenvalue weighted by atomic mass is 10.3. The van der Waals surface area contributed by atoms with Crippen LogP contribution in [0.2, 0.25) is 0 Å². The predicted molar refractivity (Wildman–Crippen MR) is 108 cm³/mol. The van der Waals surface area contributed by atoms with Crippen LogP contribution in [0.3, 0.4) is 0 Å². The zero-order valence-corrected chi connectivity index (χ0v) is 17.0. The molecule has 0 amide bonds. The van der Waals surface area contributed by atoms with Crippen LogP contribution < -0.4 is 10.5 Å². The highest BCUT2D eigenvalue weighted by molar-refractivity contribution is 7.91. The number of fused-ring (bicyclic) bond motifs is 1. The van der Waals surface area contributed by atoms with E-state index in [-0.39, 0.29) is 36.2 Å². The maximum absolute atomic E-state index is 12.8. The molecule has 4 rings (SSSR count). The van der Waals surface area contributed by atoms with Gasteiger partial charge in [-0.1, -0.05) is 6.07 Å². The Hall–Kier alpha value is -2.83. The lowest BCUT2D eigenvalue weighted by Crippen LogP contribution is -2.49. The van der Waals surface area contributed by atoms with Gasteiger partial charge in [-0.2, -0.15) is 4.31 Å². The SMILES string of the molecule is Cc1ccc(S(=O)(=O)N2CCN(c3nc4ccccn4c(=O)c3[N+](=O)[O-])CC2)s1. The molecule has 4 heterocycles. The molecular weight excluding hydrogens is 418 g/mol. The third-order valence-electron chi connectivity index (χ3n) is 4.72. The molecule has 29 heavy (non-hydrogen) atoms. The van der Waals surface area contributed by atoms with Gasteiger partial charge >= 0.3 is 11.2 Å². The highest BCUT2D eigenvalue weighted by Crippen LogP contribution is 2.28. The van der Waals surface area contributed by atoms with Gasteiger partial charge < -0.3 is 4.90 Å². The summed E-state index contributed by atoms with van der Waals surface area (Å²) in [6, 6.07) is 8.21. The molecule has 0 spiro atoms. The molecule has 1 aliphatic rings. The summed E-state index contributed by atoms with van der Waals surface area (Å²) in [7, 11) is -3.61. The molecule has 0 bridgehead atoms. The van der Waals surface area contributed by atoms with E-state index in [9.17, 15) is 23.3 Å². The van der Waals surface area contributed by atoms with Crippen molar-refractivity contribution < 1.29 is 13.3 Å². The van der Waals surface area contributed by atoms with E-state index in [0.29, 0.717) is 5.65 Å².